The van der Waals surface area contributed by atoms with Crippen LogP contribution in [0.15, 0.2) is 18.3 Å². The average molecular weight is 244 g/mol. The Labute approximate surface area is 110 Å². The van der Waals surface area contributed by atoms with Crippen molar-refractivity contribution in [1.82, 2.24) is 4.98 Å². The molecule has 0 radical (unpaired) electrons. The highest BCUT2D eigenvalue weighted by Gasteiger charge is 2.40. The summed E-state index contributed by atoms with van der Waals surface area (Å²) in [7, 11) is 0. The standard InChI is InChI=1S/C16H24N2/c1-16(9-3-2-4-10-16)15(17)13-8-7-12-6-5-11-18-14(12)13/h5-6,11,13,15H,2-4,7-10,17H2,1H3. The summed E-state index contributed by atoms with van der Waals surface area (Å²) in [6.07, 6.45) is 11.0. The second-order valence-corrected chi connectivity index (χ2v) is 6.43. The first-order valence-corrected chi connectivity index (χ1v) is 7.40. The minimum atomic E-state index is 0.286. The van der Waals surface area contributed by atoms with E-state index >= 15 is 0 Å². The van der Waals surface area contributed by atoms with Gasteiger partial charge in [-0.3, -0.25) is 4.98 Å². The number of aryl methyl sites for hydroxylation is 1. The van der Waals surface area contributed by atoms with E-state index in [1.807, 2.05) is 6.20 Å². The van der Waals surface area contributed by atoms with Gasteiger partial charge in [0.15, 0.2) is 0 Å². The van der Waals surface area contributed by atoms with Crippen molar-refractivity contribution in [2.75, 3.05) is 0 Å². The molecule has 2 N–H and O–H groups in total. The first kappa shape index (κ1) is 12.2. The van der Waals surface area contributed by atoms with Crippen LogP contribution in [0.4, 0.5) is 0 Å². The van der Waals surface area contributed by atoms with Gasteiger partial charge in [0, 0.05) is 23.9 Å². The van der Waals surface area contributed by atoms with E-state index in [-0.39, 0.29) is 6.04 Å². The number of rotatable bonds is 2. The van der Waals surface area contributed by atoms with Gasteiger partial charge in [0.2, 0.25) is 0 Å². The van der Waals surface area contributed by atoms with Gasteiger partial charge in [-0.15, -0.1) is 0 Å². The highest BCUT2D eigenvalue weighted by Crippen LogP contribution is 2.45. The van der Waals surface area contributed by atoms with Gasteiger partial charge in [0.25, 0.3) is 0 Å². The third-order valence-corrected chi connectivity index (χ3v) is 5.24. The molecule has 0 aromatic carbocycles. The van der Waals surface area contributed by atoms with Crippen LogP contribution in [-0.4, -0.2) is 11.0 Å². The largest absolute Gasteiger partial charge is 0.327 e. The third-order valence-electron chi connectivity index (χ3n) is 5.24. The van der Waals surface area contributed by atoms with Crippen molar-refractivity contribution in [2.24, 2.45) is 11.1 Å². The molecule has 98 valence electrons. The first-order valence-electron chi connectivity index (χ1n) is 7.40. The van der Waals surface area contributed by atoms with Crippen molar-refractivity contribution in [1.29, 1.82) is 0 Å². The van der Waals surface area contributed by atoms with Crippen LogP contribution >= 0.6 is 0 Å². The lowest BCUT2D eigenvalue weighted by atomic mass is 9.67. The second-order valence-electron chi connectivity index (χ2n) is 6.43. The molecule has 2 aliphatic carbocycles. The van der Waals surface area contributed by atoms with Gasteiger partial charge in [-0.25, -0.2) is 0 Å². The Bertz CT molecular complexity index is 421. The Morgan fingerprint density at radius 1 is 1.33 bits per heavy atom. The van der Waals surface area contributed by atoms with E-state index in [4.69, 9.17) is 5.73 Å². The van der Waals surface area contributed by atoms with Crippen molar-refractivity contribution in [3.8, 4) is 0 Å². The predicted molar refractivity (Wildman–Crippen MR) is 74.5 cm³/mol. The van der Waals surface area contributed by atoms with E-state index in [9.17, 15) is 0 Å². The van der Waals surface area contributed by atoms with E-state index in [0.29, 0.717) is 11.3 Å². The number of nitrogens with zero attached hydrogens (tertiary/aromatic N) is 1. The van der Waals surface area contributed by atoms with Crippen LogP contribution in [0.25, 0.3) is 0 Å². The molecule has 0 amide bonds. The van der Waals surface area contributed by atoms with Crippen molar-refractivity contribution in [3.63, 3.8) is 0 Å². The Morgan fingerprint density at radius 2 is 2.11 bits per heavy atom. The lowest BCUT2D eigenvalue weighted by molar-refractivity contribution is 0.150. The summed E-state index contributed by atoms with van der Waals surface area (Å²) in [6, 6.07) is 4.56. The lowest BCUT2D eigenvalue weighted by Gasteiger charge is -2.41. The molecule has 2 heteroatoms. The van der Waals surface area contributed by atoms with Crippen molar-refractivity contribution in [3.05, 3.63) is 29.6 Å². The molecular weight excluding hydrogens is 220 g/mol. The summed E-state index contributed by atoms with van der Waals surface area (Å²) in [5.74, 6) is 0.490. The molecule has 1 heterocycles. The molecule has 3 rings (SSSR count). The Balaban J connectivity index is 1.83. The SMILES string of the molecule is CC1(C(N)C2CCc3cccnc32)CCCCC1. The molecule has 1 aromatic heterocycles. The minimum Gasteiger partial charge on any atom is -0.327 e. The van der Waals surface area contributed by atoms with Crippen LogP contribution in [0.3, 0.4) is 0 Å². The summed E-state index contributed by atoms with van der Waals surface area (Å²) < 4.78 is 0. The van der Waals surface area contributed by atoms with Gasteiger partial charge in [-0.05, 0) is 42.7 Å². The minimum absolute atomic E-state index is 0.286. The fourth-order valence-electron chi connectivity index (χ4n) is 3.97. The van der Waals surface area contributed by atoms with Gasteiger partial charge in [-0.2, -0.15) is 0 Å². The van der Waals surface area contributed by atoms with E-state index in [1.54, 1.807) is 0 Å². The second kappa shape index (κ2) is 4.65. The zero-order chi connectivity index (χ0) is 12.6. The van der Waals surface area contributed by atoms with Crippen LogP contribution in [0.5, 0.6) is 0 Å². The number of hydrogen-bond donors (Lipinski definition) is 1. The topological polar surface area (TPSA) is 38.9 Å². The fraction of sp³-hybridized carbons (Fsp3) is 0.688. The van der Waals surface area contributed by atoms with Crippen LogP contribution in [0.1, 0.15) is 62.6 Å². The summed E-state index contributed by atoms with van der Waals surface area (Å²) in [4.78, 5) is 4.61. The fourth-order valence-corrected chi connectivity index (χ4v) is 3.97. The molecular formula is C16H24N2. The Kier molecular flexibility index (Phi) is 3.14. The maximum Gasteiger partial charge on any atom is 0.0482 e. The molecule has 2 nitrogen and oxygen atoms in total. The van der Waals surface area contributed by atoms with Crippen LogP contribution in [-0.2, 0) is 6.42 Å². The number of nitrogens with two attached hydrogens (primary N) is 1. The smallest absolute Gasteiger partial charge is 0.0482 e. The predicted octanol–water partition coefficient (Wildman–Crippen LogP) is 3.41. The van der Waals surface area contributed by atoms with Crippen LogP contribution < -0.4 is 5.73 Å². The molecule has 0 aliphatic heterocycles. The molecule has 0 saturated heterocycles. The Morgan fingerprint density at radius 3 is 2.89 bits per heavy atom. The number of hydrogen-bond acceptors (Lipinski definition) is 2. The molecule has 0 spiro atoms. The molecule has 2 atom stereocenters. The van der Waals surface area contributed by atoms with Gasteiger partial charge >= 0.3 is 0 Å². The molecule has 2 aliphatic rings. The highest BCUT2D eigenvalue weighted by molar-refractivity contribution is 5.30. The average Bonchev–Trinajstić information content (AvgIpc) is 2.82. The van der Waals surface area contributed by atoms with Gasteiger partial charge in [0.05, 0.1) is 0 Å². The molecule has 1 fully saturated rings. The van der Waals surface area contributed by atoms with E-state index in [1.165, 1.54) is 49.8 Å². The van der Waals surface area contributed by atoms with Gasteiger partial charge < -0.3 is 5.73 Å². The van der Waals surface area contributed by atoms with Gasteiger partial charge in [0.1, 0.15) is 0 Å². The van der Waals surface area contributed by atoms with Crippen molar-refractivity contribution >= 4 is 0 Å². The number of aromatic nitrogens is 1. The molecule has 1 aromatic rings. The summed E-state index contributed by atoms with van der Waals surface area (Å²) in [6.45, 7) is 2.40. The van der Waals surface area contributed by atoms with E-state index < -0.39 is 0 Å². The third kappa shape index (κ3) is 1.97. The summed E-state index contributed by atoms with van der Waals surface area (Å²) in [5.41, 5.74) is 9.71. The molecule has 0 bridgehead atoms. The van der Waals surface area contributed by atoms with Gasteiger partial charge in [-0.1, -0.05) is 32.3 Å². The summed E-state index contributed by atoms with van der Waals surface area (Å²) in [5, 5.41) is 0. The molecule has 2 unspecified atom stereocenters. The zero-order valence-electron chi connectivity index (χ0n) is 11.4. The lowest BCUT2D eigenvalue weighted by Crippen LogP contribution is -2.44. The maximum atomic E-state index is 6.66. The van der Waals surface area contributed by atoms with Crippen molar-refractivity contribution < 1.29 is 0 Å². The quantitative estimate of drug-likeness (QED) is 0.866. The summed E-state index contributed by atoms with van der Waals surface area (Å²) >= 11 is 0. The van der Waals surface area contributed by atoms with Crippen molar-refractivity contribution in [2.45, 2.75) is 63.8 Å². The number of fused-ring (bicyclic) bond motifs is 1. The van der Waals surface area contributed by atoms with E-state index in [0.717, 1.165) is 6.42 Å². The van der Waals surface area contributed by atoms with Crippen LogP contribution in [0, 0.1) is 5.41 Å². The Hall–Kier alpha value is -0.890. The number of pyridine rings is 1. The maximum absolute atomic E-state index is 6.66. The van der Waals surface area contributed by atoms with E-state index in [2.05, 4.69) is 24.0 Å². The molecule has 18 heavy (non-hydrogen) atoms. The monoisotopic (exact) mass is 244 g/mol. The zero-order valence-corrected chi connectivity index (χ0v) is 11.4. The molecule has 1 saturated carbocycles. The normalized spacial score (nSPS) is 27.8. The first-order chi connectivity index (χ1) is 8.71. The van der Waals surface area contributed by atoms with Crippen LogP contribution in [0.2, 0.25) is 0 Å². The highest BCUT2D eigenvalue weighted by atomic mass is 14.8.